The first-order valence-corrected chi connectivity index (χ1v) is 3.99. The summed E-state index contributed by atoms with van der Waals surface area (Å²) in [6.45, 7) is 8.22. The maximum atomic E-state index is 5.37. The first-order valence-electron chi connectivity index (χ1n) is 3.99. The quantitative estimate of drug-likeness (QED) is 0.682. The van der Waals surface area contributed by atoms with Crippen molar-refractivity contribution in [1.82, 2.24) is 4.98 Å². The molecule has 1 rings (SSSR count). The number of pyridine rings is 1. The van der Waals surface area contributed by atoms with Crippen molar-refractivity contribution < 1.29 is 4.74 Å². The normalized spacial score (nSPS) is 9.50. The van der Waals surface area contributed by atoms with Crippen molar-refractivity contribution in [3.8, 4) is 5.75 Å². The van der Waals surface area contributed by atoms with Crippen molar-refractivity contribution in [3.63, 3.8) is 0 Å². The smallest absolute Gasteiger partial charge is 0.141 e. The number of hydrogen-bond acceptors (Lipinski definition) is 2. The van der Waals surface area contributed by atoms with Gasteiger partial charge in [0.15, 0.2) is 0 Å². The van der Waals surface area contributed by atoms with Crippen LogP contribution in [-0.2, 0) is 0 Å². The average Bonchev–Trinajstić information content (AvgIpc) is 2.09. The Hall–Kier alpha value is -1.31. The molecule has 1 heterocycles. The second kappa shape index (κ2) is 3.90. The van der Waals surface area contributed by atoms with E-state index in [0.717, 1.165) is 17.0 Å². The van der Waals surface area contributed by atoms with Crippen molar-refractivity contribution in [3.05, 3.63) is 30.1 Å². The van der Waals surface area contributed by atoms with Crippen LogP contribution in [0.25, 0.3) is 6.08 Å². The Morgan fingerprint density at radius 2 is 2.42 bits per heavy atom. The van der Waals surface area contributed by atoms with Crippen molar-refractivity contribution in [1.29, 1.82) is 0 Å². The predicted octanol–water partition coefficient (Wildman–Crippen LogP) is 2.43. The maximum absolute atomic E-state index is 5.37. The van der Waals surface area contributed by atoms with E-state index in [9.17, 15) is 0 Å². The summed E-state index contributed by atoms with van der Waals surface area (Å²) in [5.74, 6) is 0.842. The van der Waals surface area contributed by atoms with E-state index in [2.05, 4.69) is 11.6 Å². The molecule has 64 valence electrons. The molecule has 0 amide bonds. The molecule has 0 aliphatic heterocycles. The van der Waals surface area contributed by atoms with Gasteiger partial charge < -0.3 is 4.74 Å². The molecule has 1 aromatic rings. The van der Waals surface area contributed by atoms with E-state index in [0.29, 0.717) is 6.61 Å². The minimum absolute atomic E-state index is 0.670. The van der Waals surface area contributed by atoms with Gasteiger partial charge in [0.2, 0.25) is 0 Å². The van der Waals surface area contributed by atoms with Crippen molar-refractivity contribution in [2.24, 2.45) is 0 Å². The third-order valence-electron chi connectivity index (χ3n) is 1.60. The molecule has 0 spiro atoms. The minimum atomic E-state index is 0.670. The highest BCUT2D eigenvalue weighted by atomic mass is 16.5. The van der Waals surface area contributed by atoms with Gasteiger partial charge in [0.1, 0.15) is 5.75 Å². The zero-order chi connectivity index (χ0) is 8.97. The number of hydrogen-bond donors (Lipinski definition) is 0. The summed E-state index contributed by atoms with van der Waals surface area (Å²) in [7, 11) is 0. The van der Waals surface area contributed by atoms with Gasteiger partial charge in [-0.15, -0.1) is 0 Å². The van der Waals surface area contributed by atoms with Gasteiger partial charge in [-0.05, 0) is 25.5 Å². The van der Waals surface area contributed by atoms with E-state index in [-0.39, 0.29) is 0 Å². The van der Waals surface area contributed by atoms with Crippen LogP contribution in [0.2, 0.25) is 0 Å². The lowest BCUT2D eigenvalue weighted by molar-refractivity contribution is 0.336. The largest absolute Gasteiger partial charge is 0.492 e. The number of rotatable bonds is 3. The highest BCUT2D eigenvalue weighted by molar-refractivity contribution is 5.49. The summed E-state index contributed by atoms with van der Waals surface area (Å²) < 4.78 is 5.37. The Labute approximate surface area is 72.9 Å². The maximum Gasteiger partial charge on any atom is 0.141 e. The van der Waals surface area contributed by atoms with Crippen LogP contribution in [0.15, 0.2) is 18.8 Å². The fourth-order valence-corrected chi connectivity index (χ4v) is 0.941. The molecule has 0 aliphatic rings. The average molecular weight is 163 g/mol. The standard InChI is InChI=1S/C10H13NO/c1-4-9-6-10(12-5-2)8(3)11-7-9/h4,6-7H,1,5H2,2-3H3. The predicted molar refractivity (Wildman–Crippen MR) is 50.2 cm³/mol. The molecular weight excluding hydrogens is 150 g/mol. The highest BCUT2D eigenvalue weighted by Gasteiger charge is 1.99. The molecule has 1 aromatic heterocycles. The van der Waals surface area contributed by atoms with E-state index in [1.54, 1.807) is 12.3 Å². The molecule has 0 saturated carbocycles. The fraction of sp³-hybridized carbons (Fsp3) is 0.300. The number of aryl methyl sites for hydroxylation is 1. The van der Waals surface area contributed by atoms with Crippen LogP contribution in [0.1, 0.15) is 18.2 Å². The van der Waals surface area contributed by atoms with Crippen LogP contribution < -0.4 is 4.74 Å². The van der Waals surface area contributed by atoms with E-state index in [4.69, 9.17) is 4.74 Å². The highest BCUT2D eigenvalue weighted by Crippen LogP contribution is 2.17. The number of ether oxygens (including phenoxy) is 1. The molecule has 0 saturated heterocycles. The molecule has 2 heteroatoms. The summed E-state index contributed by atoms with van der Waals surface area (Å²) >= 11 is 0. The zero-order valence-electron chi connectivity index (χ0n) is 7.50. The fourth-order valence-electron chi connectivity index (χ4n) is 0.941. The Bertz CT molecular complexity index is 281. The van der Waals surface area contributed by atoms with Crippen LogP contribution in [0, 0.1) is 6.92 Å². The number of nitrogens with zero attached hydrogens (tertiary/aromatic N) is 1. The molecule has 0 radical (unpaired) electrons. The monoisotopic (exact) mass is 163 g/mol. The Kier molecular flexibility index (Phi) is 2.86. The van der Waals surface area contributed by atoms with E-state index in [1.807, 2.05) is 19.9 Å². The lowest BCUT2D eigenvalue weighted by Crippen LogP contribution is -1.96. The first kappa shape index (κ1) is 8.78. The summed E-state index contributed by atoms with van der Waals surface area (Å²) in [4.78, 5) is 4.17. The van der Waals surface area contributed by atoms with Crippen LogP contribution in [0.3, 0.4) is 0 Å². The van der Waals surface area contributed by atoms with Crippen LogP contribution in [-0.4, -0.2) is 11.6 Å². The van der Waals surface area contributed by atoms with E-state index >= 15 is 0 Å². The summed E-state index contributed by atoms with van der Waals surface area (Å²) in [6.07, 6.45) is 3.54. The third kappa shape index (κ3) is 1.84. The molecule has 0 unspecified atom stereocenters. The molecule has 2 nitrogen and oxygen atoms in total. The van der Waals surface area contributed by atoms with Crippen LogP contribution >= 0.6 is 0 Å². The zero-order valence-corrected chi connectivity index (χ0v) is 7.50. The van der Waals surface area contributed by atoms with Gasteiger partial charge >= 0.3 is 0 Å². The van der Waals surface area contributed by atoms with Crippen LogP contribution in [0.5, 0.6) is 5.75 Å². The Morgan fingerprint density at radius 3 is 3.00 bits per heavy atom. The SMILES string of the molecule is C=Cc1cnc(C)c(OCC)c1. The van der Waals surface area contributed by atoms with Gasteiger partial charge in [0.25, 0.3) is 0 Å². The molecule has 0 aromatic carbocycles. The minimum Gasteiger partial charge on any atom is -0.492 e. The molecule has 0 bridgehead atoms. The molecule has 0 aliphatic carbocycles. The summed E-state index contributed by atoms with van der Waals surface area (Å²) in [5.41, 5.74) is 1.91. The molecule has 0 fully saturated rings. The molecular formula is C10H13NO. The molecule has 0 N–H and O–H groups in total. The van der Waals surface area contributed by atoms with E-state index < -0.39 is 0 Å². The third-order valence-corrected chi connectivity index (χ3v) is 1.60. The summed E-state index contributed by atoms with van der Waals surface area (Å²) in [6, 6.07) is 1.94. The first-order chi connectivity index (χ1) is 5.77. The van der Waals surface area contributed by atoms with E-state index in [1.165, 1.54) is 0 Å². The second-order valence-corrected chi connectivity index (χ2v) is 2.49. The lowest BCUT2D eigenvalue weighted by Gasteiger charge is -2.06. The van der Waals surface area contributed by atoms with Gasteiger partial charge in [-0.1, -0.05) is 12.7 Å². The Morgan fingerprint density at radius 1 is 1.67 bits per heavy atom. The van der Waals surface area contributed by atoms with Crippen molar-refractivity contribution in [2.75, 3.05) is 6.61 Å². The van der Waals surface area contributed by atoms with Gasteiger partial charge in [-0.2, -0.15) is 0 Å². The molecule has 0 atom stereocenters. The van der Waals surface area contributed by atoms with Gasteiger partial charge in [-0.25, -0.2) is 0 Å². The van der Waals surface area contributed by atoms with Crippen molar-refractivity contribution >= 4 is 6.08 Å². The van der Waals surface area contributed by atoms with Gasteiger partial charge in [0.05, 0.1) is 12.3 Å². The van der Waals surface area contributed by atoms with Crippen molar-refractivity contribution in [2.45, 2.75) is 13.8 Å². The topological polar surface area (TPSA) is 22.1 Å². The second-order valence-electron chi connectivity index (χ2n) is 2.49. The summed E-state index contributed by atoms with van der Waals surface area (Å²) in [5, 5.41) is 0. The number of aromatic nitrogens is 1. The lowest BCUT2D eigenvalue weighted by atomic mass is 10.2. The Balaban J connectivity index is 2.99. The molecule has 12 heavy (non-hydrogen) atoms. The van der Waals surface area contributed by atoms with Crippen LogP contribution in [0.4, 0.5) is 0 Å². The van der Waals surface area contributed by atoms with Gasteiger partial charge in [-0.3, -0.25) is 4.98 Å². The van der Waals surface area contributed by atoms with Gasteiger partial charge in [0, 0.05) is 6.20 Å².